The van der Waals surface area contributed by atoms with Crippen LogP contribution < -0.4 is 64.0 Å². The molecule has 0 aromatic heterocycles. The number of benzene rings is 2. The molecule has 2 aromatic carbocycles. The largest absolute Gasteiger partial charge is 1.00 e. The standard InChI is InChI=1S/C41H51BrN2O8S2.2Na/c1-29-14-18-35-33(26-29)40(2,3)37(43(35)22-7-6-9-24-52-28-45)20-15-30-12-11-13-31(39(30)42)16-21-38-41(4,5)34-27-32(54(49,50)51)17-19-36(34)44(38)23-8-10-25-53(46,47)48;;/h14-21,26-28H,6-13,22-25H2,1-5H3,(H-,46,47,48,49,50,51);;/q;2*+1/p-1. The van der Waals surface area contributed by atoms with E-state index in [1.54, 1.807) is 6.07 Å². The minimum Gasteiger partial charge on any atom is -0.748 e. The number of rotatable bonds is 16. The Morgan fingerprint density at radius 2 is 1.61 bits per heavy atom. The van der Waals surface area contributed by atoms with E-state index in [0.717, 1.165) is 66.5 Å². The Bertz CT molecular complexity index is 2180. The molecule has 0 atom stereocenters. The molecule has 3 aliphatic rings. The molecule has 56 heavy (non-hydrogen) atoms. The van der Waals surface area contributed by atoms with E-state index in [2.05, 4.69) is 78.0 Å². The van der Waals surface area contributed by atoms with Gasteiger partial charge in [0.2, 0.25) is 5.69 Å². The van der Waals surface area contributed by atoms with E-state index < -0.39 is 31.4 Å². The predicted molar refractivity (Wildman–Crippen MR) is 214 cm³/mol. The van der Waals surface area contributed by atoms with Gasteiger partial charge in [-0.15, -0.1) is 0 Å². The number of aryl methyl sites for hydroxylation is 1. The third-order valence-corrected chi connectivity index (χ3v) is 13.4. The second kappa shape index (κ2) is 20.3. The van der Waals surface area contributed by atoms with Crippen molar-refractivity contribution in [2.24, 2.45) is 0 Å². The van der Waals surface area contributed by atoms with Gasteiger partial charge in [0.05, 0.1) is 27.0 Å². The first kappa shape index (κ1) is 49.0. The number of fused-ring (bicyclic) bond motifs is 2. The zero-order chi connectivity index (χ0) is 39.5. The minimum atomic E-state index is -4.68. The number of ether oxygens (including phenoxy) is 1. The number of carbonyl (C=O) groups excluding carboxylic acids is 1. The Hall–Kier alpha value is -1.36. The van der Waals surface area contributed by atoms with E-state index in [-0.39, 0.29) is 75.8 Å². The van der Waals surface area contributed by atoms with Gasteiger partial charge in [0.1, 0.15) is 16.7 Å². The maximum Gasteiger partial charge on any atom is 1.00 e. The van der Waals surface area contributed by atoms with Crippen molar-refractivity contribution in [1.29, 1.82) is 0 Å². The van der Waals surface area contributed by atoms with Gasteiger partial charge in [-0.2, -0.15) is 4.58 Å². The summed E-state index contributed by atoms with van der Waals surface area (Å²) >= 11 is 3.94. The monoisotopic (exact) mass is 887 g/mol. The molecule has 0 amide bonds. The molecular formula is C41H50BrN2Na2O8S2+. The van der Waals surface area contributed by atoms with Gasteiger partial charge in [0.25, 0.3) is 6.47 Å². The Labute approximate surface area is 385 Å². The quantitative estimate of drug-likeness (QED) is 0.0812. The fourth-order valence-electron chi connectivity index (χ4n) is 7.88. The van der Waals surface area contributed by atoms with Crippen molar-refractivity contribution < 1.29 is 99.2 Å². The molecule has 2 aromatic rings. The summed E-state index contributed by atoms with van der Waals surface area (Å²) in [6, 6.07) is 11.0. The van der Waals surface area contributed by atoms with E-state index in [1.165, 1.54) is 40.2 Å². The van der Waals surface area contributed by atoms with Crippen LogP contribution in [0.5, 0.6) is 0 Å². The summed E-state index contributed by atoms with van der Waals surface area (Å²) in [4.78, 5) is 12.7. The molecule has 2 aliphatic heterocycles. The number of allylic oxidation sites excluding steroid dienone is 8. The van der Waals surface area contributed by atoms with E-state index in [9.17, 15) is 30.7 Å². The molecular weight excluding hydrogens is 838 g/mol. The van der Waals surface area contributed by atoms with Crippen LogP contribution in [-0.2, 0) is 40.6 Å². The van der Waals surface area contributed by atoms with Gasteiger partial charge >= 0.3 is 59.1 Å². The molecule has 15 heteroatoms. The Kier molecular flexibility index (Phi) is 17.7. The predicted octanol–water partition coefficient (Wildman–Crippen LogP) is 1.95. The molecule has 10 nitrogen and oxygen atoms in total. The zero-order valence-electron chi connectivity index (χ0n) is 33.7. The van der Waals surface area contributed by atoms with Crippen LogP contribution in [0, 0.1) is 6.92 Å². The Morgan fingerprint density at radius 3 is 2.29 bits per heavy atom. The average molecular weight is 889 g/mol. The van der Waals surface area contributed by atoms with Gasteiger partial charge in [0, 0.05) is 57.7 Å². The van der Waals surface area contributed by atoms with Crippen LogP contribution in [0.4, 0.5) is 11.4 Å². The third-order valence-electron chi connectivity index (χ3n) is 10.8. The molecule has 2 heterocycles. The van der Waals surface area contributed by atoms with Crippen LogP contribution in [0.2, 0.25) is 0 Å². The maximum atomic E-state index is 11.9. The van der Waals surface area contributed by atoms with Crippen molar-refractivity contribution in [1.82, 2.24) is 0 Å². The van der Waals surface area contributed by atoms with Gasteiger partial charge in [-0.25, -0.2) is 16.8 Å². The molecule has 0 saturated heterocycles. The van der Waals surface area contributed by atoms with Gasteiger partial charge in [-0.1, -0.05) is 59.6 Å². The van der Waals surface area contributed by atoms with Gasteiger partial charge in [-0.05, 0) is 107 Å². The summed E-state index contributed by atoms with van der Waals surface area (Å²) in [5, 5.41) is 0. The molecule has 1 aliphatic carbocycles. The van der Waals surface area contributed by atoms with Crippen LogP contribution in [-0.4, -0.2) is 68.1 Å². The second-order valence-corrected chi connectivity index (χ2v) is 19.1. The summed E-state index contributed by atoms with van der Waals surface area (Å²) in [6.07, 6.45) is 14.7. The Balaban J connectivity index is 0.00000420. The molecule has 0 N–H and O–H groups in total. The summed E-state index contributed by atoms with van der Waals surface area (Å²) in [5.41, 5.74) is 8.69. The van der Waals surface area contributed by atoms with Gasteiger partial charge in [0.15, 0.2) is 5.71 Å². The first-order valence-corrected chi connectivity index (χ1v) is 22.3. The van der Waals surface area contributed by atoms with E-state index in [4.69, 9.17) is 4.74 Å². The molecule has 292 valence electrons. The molecule has 0 spiro atoms. The summed E-state index contributed by atoms with van der Waals surface area (Å²) < 4.78 is 77.6. The maximum absolute atomic E-state index is 11.9. The second-order valence-electron chi connectivity index (χ2n) is 15.4. The van der Waals surface area contributed by atoms with Crippen molar-refractivity contribution in [3.8, 4) is 0 Å². The van der Waals surface area contributed by atoms with E-state index in [0.29, 0.717) is 31.6 Å². The average Bonchev–Trinajstić information content (AvgIpc) is 3.43. The fourth-order valence-corrected chi connectivity index (χ4v) is 9.59. The van der Waals surface area contributed by atoms with Crippen molar-refractivity contribution >= 4 is 59.7 Å². The SMILES string of the molecule is Cc1ccc2c(c1)C(C)(C)C(=CC=C1CCCC(C=CC3=[N+](CCCCS(=O)(=O)[O-])c4ccc(S(=O)(=O)[O-])cc4C3(C)C)=C1Br)N2CCCCCOC=O.[Na+].[Na+]. The topological polar surface area (TPSA) is 147 Å². The van der Waals surface area contributed by atoms with Crippen LogP contribution >= 0.6 is 15.9 Å². The smallest absolute Gasteiger partial charge is 0.748 e. The summed E-state index contributed by atoms with van der Waals surface area (Å²) in [6.45, 7) is 12.8. The van der Waals surface area contributed by atoms with Crippen LogP contribution in [0.25, 0.3) is 0 Å². The summed E-state index contributed by atoms with van der Waals surface area (Å²) in [7, 11) is -9.03. The van der Waals surface area contributed by atoms with Crippen LogP contribution in [0.1, 0.15) is 95.8 Å². The van der Waals surface area contributed by atoms with Crippen molar-refractivity contribution in [2.45, 2.75) is 102 Å². The number of halogens is 1. The molecule has 0 radical (unpaired) electrons. The van der Waals surface area contributed by atoms with E-state index in [1.807, 2.05) is 24.5 Å². The first-order chi connectivity index (χ1) is 25.4. The number of anilines is 1. The van der Waals surface area contributed by atoms with Crippen LogP contribution in [0.3, 0.4) is 0 Å². The Morgan fingerprint density at radius 1 is 0.875 bits per heavy atom. The van der Waals surface area contributed by atoms with E-state index >= 15 is 0 Å². The third kappa shape index (κ3) is 11.5. The molecule has 0 unspecified atom stereocenters. The number of unbranched alkanes of at least 4 members (excludes halogenated alkanes) is 3. The molecule has 0 saturated carbocycles. The van der Waals surface area contributed by atoms with Crippen molar-refractivity contribution in [2.75, 3.05) is 30.3 Å². The normalized spacial score (nSPS) is 19.0. The minimum absolute atomic E-state index is 0. The van der Waals surface area contributed by atoms with Crippen molar-refractivity contribution in [3.63, 3.8) is 0 Å². The van der Waals surface area contributed by atoms with Gasteiger partial charge < -0.3 is 18.7 Å². The van der Waals surface area contributed by atoms with Crippen molar-refractivity contribution in [3.05, 3.63) is 98.7 Å². The number of carbonyl (C=O) groups is 1. The number of hydrogen-bond donors (Lipinski definition) is 0. The first-order valence-electron chi connectivity index (χ1n) is 18.5. The van der Waals surface area contributed by atoms with Gasteiger partial charge in [-0.3, -0.25) is 4.79 Å². The number of hydrogen-bond acceptors (Lipinski definition) is 9. The molecule has 0 fully saturated rings. The number of nitrogens with zero attached hydrogens (tertiary/aromatic N) is 2. The van der Waals surface area contributed by atoms with Crippen LogP contribution in [0.15, 0.2) is 86.9 Å². The summed E-state index contributed by atoms with van der Waals surface area (Å²) in [5.74, 6) is -0.459. The molecule has 5 rings (SSSR count). The fraction of sp³-hybridized carbons (Fsp3) is 0.463. The zero-order valence-corrected chi connectivity index (χ0v) is 40.9. The molecule has 0 bridgehead atoms.